The molecule has 74 heavy (non-hydrogen) atoms. The van der Waals surface area contributed by atoms with E-state index < -0.39 is 166 Å². The maximum absolute atomic E-state index is 15.4. The number of carbonyl (C=O) groups excluding carboxylic acids is 1. The van der Waals surface area contributed by atoms with Crippen molar-refractivity contribution in [2.24, 2.45) is 0 Å². The minimum Gasteiger partial charge on any atom is -0.478 e. The molecule has 0 fully saturated rings. The van der Waals surface area contributed by atoms with Gasteiger partial charge in [0.2, 0.25) is 5.78 Å². The second kappa shape index (κ2) is 21.3. The average Bonchev–Trinajstić information content (AvgIpc) is 3.38. The Morgan fingerprint density at radius 2 is 0.743 bits per heavy atom. The smallest absolute Gasteiger partial charge is 0.335 e. The Kier molecular flexibility index (Phi) is 15.9. The highest BCUT2D eigenvalue weighted by Gasteiger charge is 2.52. The average molecular weight is 1090 g/mol. The first-order chi connectivity index (χ1) is 34.7. The monoisotopic (exact) mass is 1090 g/mol. The lowest BCUT2D eigenvalue weighted by Crippen LogP contribution is -2.81. The fraction of sp³-hybridized carbons (Fsp3) is 0.0435. The van der Waals surface area contributed by atoms with Gasteiger partial charge in [-0.3, -0.25) is 14.9 Å². The topological polar surface area (TPSA) is 97.5 Å². The van der Waals surface area contributed by atoms with E-state index in [1.807, 2.05) is 6.07 Å². The van der Waals surface area contributed by atoms with Gasteiger partial charge in [-0.2, -0.15) is 0 Å². The number of halogens is 20. The molecule has 0 bridgehead atoms. The molecule has 0 radical (unpaired) electrons. The molecule has 7 rings (SSSR count). The summed E-state index contributed by atoms with van der Waals surface area (Å²) in [6.07, 6.45) is -7.22. The quantitative estimate of drug-likeness (QED) is 0.0192. The van der Waals surface area contributed by atoms with Crippen molar-refractivity contribution >= 4 is 56.3 Å². The third-order valence-electron chi connectivity index (χ3n) is 11.0. The van der Waals surface area contributed by atoms with E-state index in [9.17, 15) is 77.5 Å². The lowest BCUT2D eigenvalue weighted by molar-refractivity contribution is -0.385. The zero-order valence-corrected chi connectivity index (χ0v) is 36.3. The van der Waals surface area contributed by atoms with Crippen LogP contribution in [0.15, 0.2) is 83.8 Å². The van der Waals surface area contributed by atoms with Crippen molar-refractivity contribution in [1.82, 2.24) is 0 Å². The Balaban J connectivity index is 0.000000265. The summed E-state index contributed by atoms with van der Waals surface area (Å²) in [5.41, 5.74) is -13.1. The molecule has 7 aromatic carbocycles. The number of carboxylic acid groups (broad SMARTS) is 1. The number of Topliss-reactive ketones (excluding diaryl/α,β-unsaturated/α-hetero) is 1. The Morgan fingerprint density at radius 3 is 1.08 bits per heavy atom. The third-order valence-corrected chi connectivity index (χ3v) is 13.2. The van der Waals surface area contributed by atoms with Crippen LogP contribution in [0.2, 0.25) is 0 Å². The molecule has 28 heteroatoms. The Bertz CT molecular complexity index is 3080. The molecular weight excluding hydrogens is 1070 g/mol. The molecule has 1 atom stereocenters. The molecule has 0 saturated carbocycles. The van der Waals surface area contributed by atoms with Gasteiger partial charge in [0.1, 0.15) is 58.4 Å². The molecule has 1 N–H and O–H groups in total. The maximum atomic E-state index is 15.4. The summed E-state index contributed by atoms with van der Waals surface area (Å²) < 4.78 is 294. The van der Waals surface area contributed by atoms with Gasteiger partial charge >= 0.3 is 5.97 Å². The second-order valence-electron chi connectivity index (χ2n) is 15.1. The van der Waals surface area contributed by atoms with Crippen molar-refractivity contribution in [2.45, 2.75) is 10.6 Å². The van der Waals surface area contributed by atoms with Crippen LogP contribution in [-0.4, -0.2) is 33.7 Å². The highest BCUT2D eigenvalue weighted by molar-refractivity contribution is 7.96. The fourth-order valence-corrected chi connectivity index (χ4v) is 9.87. The molecule has 7 aromatic rings. The molecule has 0 aliphatic heterocycles. The predicted octanol–water partition coefficient (Wildman–Crippen LogP) is 10.2. The van der Waals surface area contributed by atoms with E-state index in [2.05, 4.69) is 0 Å². The van der Waals surface area contributed by atoms with E-state index in [1.165, 1.54) is 12.1 Å². The van der Waals surface area contributed by atoms with Crippen molar-refractivity contribution in [3.05, 3.63) is 222 Å². The zero-order valence-electron chi connectivity index (χ0n) is 35.5. The molecule has 1 unspecified atom stereocenters. The summed E-state index contributed by atoms with van der Waals surface area (Å²) in [5.74, 6) is -72.1. The van der Waals surface area contributed by atoms with Crippen molar-refractivity contribution in [3.8, 4) is 0 Å². The first kappa shape index (κ1) is 55.4. The van der Waals surface area contributed by atoms with E-state index in [-0.39, 0.29) is 28.5 Å². The second-order valence-corrected chi connectivity index (χ2v) is 17.1. The molecule has 0 heterocycles. The van der Waals surface area contributed by atoms with Gasteiger partial charge in [-0.1, -0.05) is 48.5 Å². The number of hydrogen-bond acceptors (Lipinski definition) is 4. The highest BCUT2D eigenvalue weighted by atomic mass is 32.2. The molecule has 0 spiro atoms. The molecular formula is C46H18BF20NO5S. The number of ketones is 1. The lowest BCUT2D eigenvalue weighted by atomic mass is 9.12. The normalized spacial score (nSPS) is 11.8. The first-order valence-corrected chi connectivity index (χ1v) is 21.3. The Labute approximate surface area is 401 Å². The number of nitro benzene ring substituents is 1. The van der Waals surface area contributed by atoms with E-state index >= 15 is 35.1 Å². The first-order valence-electron chi connectivity index (χ1n) is 19.7. The van der Waals surface area contributed by atoms with Crippen molar-refractivity contribution in [1.29, 1.82) is 0 Å². The zero-order chi connectivity index (χ0) is 55.2. The summed E-state index contributed by atoms with van der Waals surface area (Å²) in [5, 5.41) is 20.7. The number of carboxylic acids is 1. The van der Waals surface area contributed by atoms with Crippen LogP contribution in [0.25, 0.3) is 0 Å². The number of para-hydroxylation sites is 1. The lowest BCUT2D eigenvalue weighted by Gasteiger charge is -2.44. The van der Waals surface area contributed by atoms with Gasteiger partial charge in [0.15, 0.2) is 80.5 Å². The van der Waals surface area contributed by atoms with Crippen molar-refractivity contribution in [3.63, 3.8) is 0 Å². The predicted molar refractivity (Wildman–Crippen MR) is 221 cm³/mol. The van der Waals surface area contributed by atoms with Gasteiger partial charge in [-0.05, 0) is 18.2 Å². The highest BCUT2D eigenvalue weighted by Crippen LogP contribution is 2.32. The number of benzene rings is 7. The molecule has 0 saturated heterocycles. The number of carbonyl (C=O) groups is 2. The minimum atomic E-state index is -7.22. The largest absolute Gasteiger partial charge is 0.478 e. The molecule has 0 amide bonds. The van der Waals surface area contributed by atoms with Crippen LogP contribution in [0.1, 0.15) is 26.3 Å². The Morgan fingerprint density at radius 1 is 0.432 bits per heavy atom. The van der Waals surface area contributed by atoms with Crippen LogP contribution < -0.4 is 21.9 Å². The van der Waals surface area contributed by atoms with Gasteiger partial charge in [-0.15, -0.1) is 21.9 Å². The van der Waals surface area contributed by atoms with Gasteiger partial charge < -0.3 is 5.11 Å². The van der Waals surface area contributed by atoms with Crippen LogP contribution in [0.5, 0.6) is 0 Å². The van der Waals surface area contributed by atoms with Crippen molar-refractivity contribution in [2.75, 3.05) is 5.75 Å². The van der Waals surface area contributed by atoms with Crippen LogP contribution in [0, 0.1) is 126 Å². The Hall–Kier alpha value is -7.91. The summed E-state index contributed by atoms with van der Waals surface area (Å²) in [7, 11) is -0.740. The number of nitrogens with zero attached hydrogens (tertiary/aromatic N) is 1. The summed E-state index contributed by atoms with van der Waals surface area (Å²) in [4.78, 5) is 35.8. The molecule has 6 nitrogen and oxygen atoms in total. The van der Waals surface area contributed by atoms with E-state index in [1.54, 1.807) is 60.7 Å². The molecule has 386 valence electrons. The maximum Gasteiger partial charge on any atom is 0.335 e. The van der Waals surface area contributed by atoms with Gasteiger partial charge in [0.25, 0.3) is 5.69 Å². The third kappa shape index (κ3) is 9.36. The number of aromatic carboxylic acids is 1. The molecule has 0 aliphatic rings. The minimum absolute atomic E-state index is 0.00782. The SMILES string of the molecule is Fc1c(F)c(F)c([B-](c2c(F)c(F)c(F)c(F)c2F)(c2c(F)c(F)c(F)c(F)c2F)c2c(F)c(F)c(F)c(F)c2F)c(F)c1F.O=C(O)c1cccc([S+](CC(=O)c2ccccc2)Cc2ccccc2[N+](=O)[O-])c1. The number of nitro groups is 1. The summed E-state index contributed by atoms with van der Waals surface area (Å²) in [6.45, 7) is 0. The van der Waals surface area contributed by atoms with Crippen LogP contribution in [0.3, 0.4) is 0 Å². The molecule has 0 aliphatic carbocycles. The number of hydrogen-bond donors (Lipinski definition) is 1. The van der Waals surface area contributed by atoms with E-state index in [4.69, 9.17) is 0 Å². The van der Waals surface area contributed by atoms with Gasteiger partial charge in [-0.25, -0.2) is 92.6 Å². The van der Waals surface area contributed by atoms with E-state index in [0.717, 1.165) is 0 Å². The van der Waals surface area contributed by atoms with Crippen LogP contribution in [-0.2, 0) is 16.6 Å². The standard InChI is InChI=1S/C24BF20.C22H17NO5S/c26-5-1(6(27)14(35)21(42)13(5)34)25(2-7(28)15(36)22(43)16(37)8(2)29,3-9(30)17(38)23(44)18(39)10(3)31)4-11(32)19(40)24(45)20(41)12(4)33;24-21(16-7-2-1-3-8-16)15-29(19-11-6-10-17(13-19)22(25)26)14-18-9-4-5-12-20(18)23(27)28/h;1-13H,14-15H2/q-1;/p+1. The van der Waals surface area contributed by atoms with Gasteiger partial charge in [0.05, 0.1) is 16.1 Å². The summed E-state index contributed by atoms with van der Waals surface area (Å²) in [6, 6.07) is 21.7. The van der Waals surface area contributed by atoms with Crippen LogP contribution in [0.4, 0.5) is 93.5 Å². The van der Waals surface area contributed by atoms with Crippen molar-refractivity contribution < 1.29 is 107 Å². The summed E-state index contributed by atoms with van der Waals surface area (Å²) >= 11 is 0. The van der Waals surface area contributed by atoms with Crippen LogP contribution >= 0.6 is 0 Å². The fourth-order valence-electron chi connectivity index (χ4n) is 7.76. The number of rotatable bonds is 12. The van der Waals surface area contributed by atoms with E-state index in [0.29, 0.717) is 16.0 Å². The molecule has 0 aromatic heterocycles. The van der Waals surface area contributed by atoms with Gasteiger partial charge in [0, 0.05) is 28.6 Å².